The van der Waals surface area contributed by atoms with Gasteiger partial charge in [-0.1, -0.05) is 0 Å². The molecule has 0 bridgehead atoms. The molecule has 0 radical (unpaired) electrons. The Balaban J connectivity index is 1.81. The van der Waals surface area contributed by atoms with Gasteiger partial charge in [-0.15, -0.1) is 0 Å². The van der Waals surface area contributed by atoms with Gasteiger partial charge in [0.2, 0.25) is 5.56 Å². The molecule has 0 unspecified atom stereocenters. The van der Waals surface area contributed by atoms with Crippen molar-refractivity contribution in [3.8, 4) is 17.5 Å². The fourth-order valence-electron chi connectivity index (χ4n) is 3.82. The van der Waals surface area contributed by atoms with Gasteiger partial charge in [-0.05, 0) is 72.7 Å². The fraction of sp³-hybridized carbons (Fsp3) is 0.250. The second kappa shape index (κ2) is 8.34. The number of rotatable bonds is 6. The van der Waals surface area contributed by atoms with Crippen molar-refractivity contribution in [2.24, 2.45) is 7.05 Å². The topological polar surface area (TPSA) is 87.4 Å². The molecule has 4 aromatic rings. The van der Waals surface area contributed by atoms with Gasteiger partial charge in [0, 0.05) is 31.1 Å². The minimum atomic E-state index is -0.0860. The summed E-state index contributed by atoms with van der Waals surface area (Å²) >= 11 is 0. The largest absolute Gasteiger partial charge is 0.332 e. The third-order valence-corrected chi connectivity index (χ3v) is 5.46. The van der Waals surface area contributed by atoms with Gasteiger partial charge in [0.15, 0.2) is 0 Å². The molecule has 4 rings (SSSR count). The Kier molecular flexibility index (Phi) is 5.44. The highest BCUT2D eigenvalue weighted by Gasteiger charge is 2.13. The number of nitrogens with one attached hydrogen (secondary N) is 1. The van der Waals surface area contributed by atoms with Crippen molar-refractivity contribution in [2.75, 3.05) is 0 Å². The molecule has 0 atom stereocenters. The van der Waals surface area contributed by atoms with E-state index in [9.17, 15) is 4.79 Å². The van der Waals surface area contributed by atoms with Gasteiger partial charge in [-0.3, -0.25) is 4.79 Å². The molecule has 6 heteroatoms. The molecule has 0 saturated heterocycles. The number of nitrogens with zero attached hydrogens (tertiary/aromatic N) is 4. The number of benzene rings is 1. The van der Waals surface area contributed by atoms with Crippen LogP contribution in [-0.4, -0.2) is 19.5 Å². The molecule has 6 nitrogen and oxygen atoms in total. The fourth-order valence-corrected chi connectivity index (χ4v) is 3.82. The van der Waals surface area contributed by atoms with Crippen LogP contribution in [0, 0.1) is 18.3 Å². The van der Waals surface area contributed by atoms with E-state index in [2.05, 4.69) is 41.2 Å². The average Bonchev–Trinajstić information content (AvgIpc) is 3.16. The monoisotopic (exact) mass is 397 g/mol. The van der Waals surface area contributed by atoms with Crippen molar-refractivity contribution in [3.05, 3.63) is 81.7 Å². The quantitative estimate of drug-likeness (QED) is 0.535. The number of aromatic amines is 1. The summed E-state index contributed by atoms with van der Waals surface area (Å²) in [6.45, 7) is 2.07. The second-order valence-corrected chi connectivity index (χ2v) is 7.57. The van der Waals surface area contributed by atoms with Crippen molar-refractivity contribution in [2.45, 2.75) is 32.6 Å². The highest BCUT2D eigenvalue weighted by molar-refractivity contribution is 5.86. The third-order valence-electron chi connectivity index (χ3n) is 5.46. The van der Waals surface area contributed by atoms with Gasteiger partial charge in [-0.2, -0.15) is 5.26 Å². The smallest absolute Gasteiger partial charge is 0.248 e. The van der Waals surface area contributed by atoms with Gasteiger partial charge in [0.1, 0.15) is 0 Å². The number of imidazole rings is 1. The maximum atomic E-state index is 11.6. The first-order valence-electron chi connectivity index (χ1n) is 9.99. The molecule has 0 saturated carbocycles. The van der Waals surface area contributed by atoms with Crippen LogP contribution in [0.25, 0.3) is 22.3 Å². The standard InChI is InChI=1S/C24H23N5O/c1-16-10-21-20(12-18(16)4-3-8-25)19(6-5-17-7-9-27-24(30)11-17)13-22(28-21)23-14-26-15-29(23)2/h7,9-15H,3-6H2,1-2H3,(H,27,30). The molecule has 0 aliphatic carbocycles. The zero-order valence-electron chi connectivity index (χ0n) is 17.1. The van der Waals surface area contributed by atoms with Crippen molar-refractivity contribution >= 4 is 10.9 Å². The Morgan fingerprint density at radius 3 is 2.73 bits per heavy atom. The van der Waals surface area contributed by atoms with Crippen LogP contribution in [0.2, 0.25) is 0 Å². The molecule has 0 fully saturated rings. The summed E-state index contributed by atoms with van der Waals surface area (Å²) in [5, 5.41) is 10.1. The lowest BCUT2D eigenvalue weighted by atomic mass is 9.95. The minimum absolute atomic E-state index is 0.0860. The summed E-state index contributed by atoms with van der Waals surface area (Å²) < 4.78 is 1.96. The molecular formula is C24H23N5O. The van der Waals surface area contributed by atoms with Gasteiger partial charge in [0.25, 0.3) is 0 Å². The van der Waals surface area contributed by atoms with E-state index >= 15 is 0 Å². The predicted molar refractivity (Wildman–Crippen MR) is 117 cm³/mol. The van der Waals surface area contributed by atoms with Crippen LogP contribution in [0.1, 0.15) is 28.7 Å². The van der Waals surface area contributed by atoms with Crippen LogP contribution in [0.4, 0.5) is 0 Å². The number of pyridine rings is 2. The Labute approximate surface area is 174 Å². The first kappa shape index (κ1) is 19.6. The molecule has 150 valence electrons. The average molecular weight is 397 g/mol. The Morgan fingerprint density at radius 2 is 2.00 bits per heavy atom. The van der Waals surface area contributed by atoms with E-state index < -0.39 is 0 Å². The Morgan fingerprint density at radius 1 is 1.13 bits per heavy atom. The van der Waals surface area contributed by atoms with E-state index in [-0.39, 0.29) is 5.56 Å². The predicted octanol–water partition coefficient (Wildman–Crippen LogP) is 3.87. The number of aromatic nitrogens is 4. The van der Waals surface area contributed by atoms with Crippen molar-refractivity contribution < 1.29 is 0 Å². The lowest BCUT2D eigenvalue weighted by Crippen LogP contribution is -2.05. The molecule has 3 heterocycles. The van der Waals surface area contributed by atoms with Crippen LogP contribution < -0.4 is 5.56 Å². The zero-order valence-corrected chi connectivity index (χ0v) is 17.1. The van der Waals surface area contributed by atoms with Crippen LogP contribution in [0.5, 0.6) is 0 Å². The summed E-state index contributed by atoms with van der Waals surface area (Å²) in [5.41, 5.74) is 7.19. The van der Waals surface area contributed by atoms with E-state index in [1.54, 1.807) is 18.6 Å². The highest BCUT2D eigenvalue weighted by atomic mass is 16.1. The number of aryl methyl sites for hydroxylation is 5. The lowest BCUT2D eigenvalue weighted by molar-refractivity contribution is 0.914. The zero-order chi connectivity index (χ0) is 21.1. The number of nitriles is 1. The molecule has 0 aliphatic rings. The van der Waals surface area contributed by atoms with E-state index in [0.29, 0.717) is 6.42 Å². The summed E-state index contributed by atoms with van der Waals surface area (Å²) in [5.74, 6) is 0. The normalized spacial score (nSPS) is 11.0. The molecule has 0 amide bonds. The van der Waals surface area contributed by atoms with E-state index in [1.165, 1.54) is 11.1 Å². The number of fused-ring (bicyclic) bond motifs is 1. The number of H-pyrrole nitrogens is 1. The summed E-state index contributed by atoms with van der Waals surface area (Å²) in [7, 11) is 1.96. The van der Waals surface area contributed by atoms with Crippen molar-refractivity contribution in [1.82, 2.24) is 19.5 Å². The second-order valence-electron chi connectivity index (χ2n) is 7.57. The summed E-state index contributed by atoms with van der Waals surface area (Å²) in [4.78, 5) is 23.4. The van der Waals surface area contributed by atoms with Crippen LogP contribution in [0.15, 0.2) is 53.8 Å². The van der Waals surface area contributed by atoms with Gasteiger partial charge in [0.05, 0.1) is 35.5 Å². The summed E-state index contributed by atoms with van der Waals surface area (Å²) in [6.07, 6.45) is 8.05. The maximum absolute atomic E-state index is 11.6. The summed E-state index contributed by atoms with van der Waals surface area (Å²) in [6, 6.07) is 12.2. The lowest BCUT2D eigenvalue weighted by Gasteiger charge is -2.13. The van der Waals surface area contributed by atoms with Gasteiger partial charge < -0.3 is 9.55 Å². The molecule has 0 aliphatic heterocycles. The number of hydrogen-bond donors (Lipinski definition) is 1. The van der Waals surface area contributed by atoms with Crippen LogP contribution >= 0.6 is 0 Å². The van der Waals surface area contributed by atoms with Gasteiger partial charge >= 0.3 is 0 Å². The van der Waals surface area contributed by atoms with Crippen molar-refractivity contribution in [3.63, 3.8) is 0 Å². The number of hydrogen-bond acceptors (Lipinski definition) is 4. The van der Waals surface area contributed by atoms with Crippen LogP contribution in [0.3, 0.4) is 0 Å². The molecule has 1 N–H and O–H groups in total. The van der Waals surface area contributed by atoms with Gasteiger partial charge in [-0.25, -0.2) is 9.97 Å². The van der Waals surface area contributed by atoms with Crippen molar-refractivity contribution in [1.29, 1.82) is 5.26 Å². The molecule has 3 aromatic heterocycles. The minimum Gasteiger partial charge on any atom is -0.332 e. The van der Waals surface area contributed by atoms with E-state index in [4.69, 9.17) is 10.2 Å². The van der Waals surface area contributed by atoms with E-state index in [1.807, 2.05) is 23.9 Å². The highest BCUT2D eigenvalue weighted by Crippen LogP contribution is 2.28. The maximum Gasteiger partial charge on any atom is 0.248 e. The molecule has 1 aromatic carbocycles. The molecular weight excluding hydrogens is 374 g/mol. The third kappa shape index (κ3) is 4.01. The van der Waals surface area contributed by atoms with E-state index in [0.717, 1.165) is 52.7 Å². The first-order chi connectivity index (χ1) is 14.5. The Hall–Kier alpha value is -3.72. The van der Waals surface area contributed by atoms with Crippen LogP contribution in [-0.2, 0) is 26.3 Å². The molecule has 0 spiro atoms. The molecule has 30 heavy (non-hydrogen) atoms. The Bertz CT molecular complexity index is 1310. The SMILES string of the molecule is Cc1cc2nc(-c3cncn3C)cc(CCc3cc[nH]c(=O)c3)c2cc1CCC#N. The first-order valence-corrected chi connectivity index (χ1v) is 9.99.